The lowest BCUT2D eigenvalue weighted by Crippen LogP contribution is -2.35. The standard InChI is InChI=1S/C25H13BrClF5N4O2/c26-24(18-8-14(28)1-2-19(18)27)21-17(23(38)35-24)9-16(36-4-3-33-11-36)10-20(21)34-22(37)12-5-13(25(30,31)32)7-15(29)6-12/h1-11H,(H,34,37)(H,35,38)/t24-/m0/s1. The number of carbonyl (C=O) groups is 2. The zero-order valence-corrected chi connectivity index (χ0v) is 21.0. The Kier molecular flexibility index (Phi) is 6.27. The Labute approximate surface area is 224 Å². The number of nitrogens with one attached hydrogen (secondary N) is 2. The Bertz CT molecular complexity index is 1610. The molecule has 0 unspecified atom stereocenters. The van der Waals surface area contributed by atoms with Gasteiger partial charge in [0.15, 0.2) is 4.45 Å². The number of carbonyl (C=O) groups excluding carboxylic acids is 2. The minimum absolute atomic E-state index is 0.0374. The van der Waals surface area contributed by atoms with Crippen LogP contribution in [0.1, 0.15) is 37.4 Å². The van der Waals surface area contributed by atoms with Crippen LogP contribution in [0.3, 0.4) is 0 Å². The first-order valence-electron chi connectivity index (χ1n) is 10.7. The van der Waals surface area contributed by atoms with Gasteiger partial charge in [-0.05, 0) is 48.5 Å². The number of imidazole rings is 1. The van der Waals surface area contributed by atoms with Crippen molar-refractivity contribution in [1.82, 2.24) is 14.9 Å². The molecule has 1 aliphatic rings. The summed E-state index contributed by atoms with van der Waals surface area (Å²) in [4.78, 5) is 30.2. The summed E-state index contributed by atoms with van der Waals surface area (Å²) in [5.74, 6) is -3.62. The van der Waals surface area contributed by atoms with Gasteiger partial charge in [0.2, 0.25) is 0 Å². The maximum atomic E-state index is 14.2. The van der Waals surface area contributed by atoms with E-state index >= 15 is 0 Å². The Morgan fingerprint density at radius 1 is 1.08 bits per heavy atom. The van der Waals surface area contributed by atoms with Crippen LogP contribution in [0.15, 0.2) is 67.3 Å². The first-order chi connectivity index (χ1) is 17.9. The number of rotatable bonds is 4. The van der Waals surface area contributed by atoms with Crippen molar-refractivity contribution in [1.29, 1.82) is 0 Å². The molecule has 2 N–H and O–H groups in total. The van der Waals surface area contributed by atoms with E-state index in [9.17, 15) is 31.5 Å². The molecule has 194 valence electrons. The lowest BCUT2D eigenvalue weighted by atomic mass is 9.95. The van der Waals surface area contributed by atoms with Crippen LogP contribution in [-0.2, 0) is 10.6 Å². The highest BCUT2D eigenvalue weighted by molar-refractivity contribution is 9.09. The molecular formula is C25H13BrClF5N4O2. The molecule has 38 heavy (non-hydrogen) atoms. The normalized spacial score (nSPS) is 16.8. The van der Waals surface area contributed by atoms with E-state index in [0.29, 0.717) is 17.8 Å². The van der Waals surface area contributed by atoms with E-state index in [4.69, 9.17) is 11.6 Å². The molecular weight excluding hydrogens is 599 g/mol. The second-order valence-corrected chi connectivity index (χ2v) is 9.90. The molecule has 0 radical (unpaired) electrons. The first kappa shape index (κ1) is 25.9. The molecule has 6 nitrogen and oxygen atoms in total. The van der Waals surface area contributed by atoms with Crippen LogP contribution >= 0.6 is 27.5 Å². The number of aromatic nitrogens is 2. The maximum absolute atomic E-state index is 14.2. The van der Waals surface area contributed by atoms with E-state index in [-0.39, 0.29) is 33.5 Å². The van der Waals surface area contributed by atoms with Crippen LogP contribution in [0.4, 0.5) is 27.6 Å². The van der Waals surface area contributed by atoms with E-state index in [2.05, 4.69) is 31.5 Å². The second-order valence-electron chi connectivity index (χ2n) is 8.30. The number of hydrogen-bond donors (Lipinski definition) is 2. The quantitative estimate of drug-likeness (QED) is 0.159. The van der Waals surface area contributed by atoms with Gasteiger partial charge in [-0.15, -0.1) is 0 Å². The number of alkyl halides is 4. The molecule has 4 aromatic rings. The zero-order valence-electron chi connectivity index (χ0n) is 18.7. The molecule has 1 aliphatic heterocycles. The number of hydrogen-bond acceptors (Lipinski definition) is 3. The van der Waals surface area contributed by atoms with E-state index in [1.54, 1.807) is 6.20 Å². The fourth-order valence-electron chi connectivity index (χ4n) is 4.17. The Morgan fingerprint density at radius 3 is 2.53 bits per heavy atom. The summed E-state index contributed by atoms with van der Waals surface area (Å²) in [6.45, 7) is 0. The molecule has 5 rings (SSSR count). The van der Waals surface area contributed by atoms with Crippen LogP contribution in [0, 0.1) is 11.6 Å². The van der Waals surface area contributed by atoms with Gasteiger partial charge < -0.3 is 15.2 Å². The van der Waals surface area contributed by atoms with Gasteiger partial charge >= 0.3 is 6.18 Å². The number of benzene rings is 3. The summed E-state index contributed by atoms with van der Waals surface area (Å²) < 4.78 is 67.8. The molecule has 13 heteroatoms. The van der Waals surface area contributed by atoms with E-state index in [0.717, 1.165) is 12.1 Å². The molecule has 2 amide bonds. The minimum Gasteiger partial charge on any atom is -0.329 e. The fraction of sp³-hybridized carbons (Fsp3) is 0.0800. The second kappa shape index (κ2) is 9.21. The number of amides is 2. The van der Waals surface area contributed by atoms with Crippen LogP contribution in [0.5, 0.6) is 0 Å². The number of nitrogens with zero attached hydrogens (tertiary/aromatic N) is 2. The van der Waals surface area contributed by atoms with E-state index < -0.39 is 45.2 Å². The summed E-state index contributed by atoms with van der Waals surface area (Å²) in [5.41, 5.74) is -1.37. The van der Waals surface area contributed by atoms with Crippen LogP contribution in [-0.4, -0.2) is 21.4 Å². The van der Waals surface area contributed by atoms with Crippen molar-refractivity contribution in [2.75, 3.05) is 5.32 Å². The largest absolute Gasteiger partial charge is 0.416 e. The predicted molar refractivity (Wildman–Crippen MR) is 132 cm³/mol. The fourth-order valence-corrected chi connectivity index (χ4v) is 5.47. The van der Waals surface area contributed by atoms with Gasteiger partial charge in [-0.25, -0.2) is 13.8 Å². The maximum Gasteiger partial charge on any atom is 0.416 e. The molecule has 3 aromatic carbocycles. The summed E-state index contributed by atoms with van der Waals surface area (Å²) in [6.07, 6.45) is -0.437. The van der Waals surface area contributed by atoms with Crippen molar-refractivity contribution in [3.8, 4) is 5.69 Å². The third-order valence-electron chi connectivity index (χ3n) is 5.84. The van der Waals surface area contributed by atoms with Crippen molar-refractivity contribution in [3.63, 3.8) is 0 Å². The van der Waals surface area contributed by atoms with Gasteiger partial charge in [0, 0.05) is 39.8 Å². The van der Waals surface area contributed by atoms with E-state index in [1.165, 1.54) is 35.3 Å². The number of anilines is 1. The molecule has 0 spiro atoms. The molecule has 0 saturated heterocycles. The zero-order chi connectivity index (χ0) is 27.4. The highest BCUT2D eigenvalue weighted by Crippen LogP contribution is 2.49. The minimum atomic E-state index is -4.89. The summed E-state index contributed by atoms with van der Waals surface area (Å²) in [7, 11) is 0. The lowest BCUT2D eigenvalue weighted by Gasteiger charge is -2.27. The SMILES string of the molecule is O=C(Nc1cc(-n2ccnc2)cc2c1[C@](Br)(c1cc(F)ccc1Cl)NC2=O)c1cc(F)cc(C(F)(F)F)c1. The number of fused-ring (bicyclic) bond motifs is 1. The molecule has 2 heterocycles. The number of halogens is 7. The highest BCUT2D eigenvalue weighted by Gasteiger charge is 2.46. The molecule has 0 bridgehead atoms. The lowest BCUT2D eigenvalue weighted by molar-refractivity contribution is -0.137. The summed E-state index contributed by atoms with van der Waals surface area (Å²) in [6, 6.07) is 7.84. The average molecular weight is 612 g/mol. The van der Waals surface area contributed by atoms with Crippen molar-refractivity contribution < 1.29 is 31.5 Å². The van der Waals surface area contributed by atoms with Gasteiger partial charge in [-0.3, -0.25) is 9.59 Å². The summed E-state index contributed by atoms with van der Waals surface area (Å²) in [5, 5.41) is 5.24. The Balaban J connectivity index is 1.69. The van der Waals surface area contributed by atoms with Crippen LogP contribution in [0.25, 0.3) is 5.69 Å². The van der Waals surface area contributed by atoms with Crippen molar-refractivity contribution >= 4 is 45.0 Å². The van der Waals surface area contributed by atoms with Gasteiger partial charge in [0.25, 0.3) is 11.8 Å². The smallest absolute Gasteiger partial charge is 0.329 e. The first-order valence-corrected chi connectivity index (χ1v) is 11.9. The molecule has 0 saturated carbocycles. The van der Waals surface area contributed by atoms with E-state index in [1.807, 2.05) is 0 Å². The third-order valence-corrected chi connectivity index (χ3v) is 7.19. The predicted octanol–water partition coefficient (Wildman–Crippen LogP) is 6.41. The van der Waals surface area contributed by atoms with Gasteiger partial charge in [-0.1, -0.05) is 27.5 Å². The van der Waals surface area contributed by atoms with Crippen molar-refractivity contribution in [2.24, 2.45) is 0 Å². The average Bonchev–Trinajstić information content (AvgIpc) is 3.47. The molecule has 1 atom stereocenters. The van der Waals surface area contributed by atoms with Crippen molar-refractivity contribution in [3.05, 3.63) is 112 Å². The molecule has 1 aromatic heterocycles. The monoisotopic (exact) mass is 610 g/mol. The topological polar surface area (TPSA) is 76.0 Å². The van der Waals surface area contributed by atoms with Gasteiger partial charge in [0.1, 0.15) is 11.6 Å². The molecule has 0 fully saturated rings. The third kappa shape index (κ3) is 4.54. The van der Waals surface area contributed by atoms with Crippen LogP contribution in [0.2, 0.25) is 5.02 Å². The molecule has 0 aliphatic carbocycles. The summed E-state index contributed by atoms with van der Waals surface area (Å²) >= 11 is 9.76. The van der Waals surface area contributed by atoms with Crippen LogP contribution < -0.4 is 10.6 Å². The van der Waals surface area contributed by atoms with Gasteiger partial charge in [-0.2, -0.15) is 13.2 Å². The van der Waals surface area contributed by atoms with Crippen molar-refractivity contribution in [2.45, 2.75) is 10.6 Å². The Morgan fingerprint density at radius 2 is 1.84 bits per heavy atom. The van der Waals surface area contributed by atoms with Gasteiger partial charge in [0.05, 0.1) is 23.1 Å². The Hall–Kier alpha value is -3.77. The highest BCUT2D eigenvalue weighted by atomic mass is 79.9.